The summed E-state index contributed by atoms with van der Waals surface area (Å²) < 4.78 is 61.3. The van der Waals surface area contributed by atoms with Crippen LogP contribution >= 0.6 is 45.2 Å². The Hall–Kier alpha value is -2.27. The zero-order valence-corrected chi connectivity index (χ0v) is 30.7. The van der Waals surface area contributed by atoms with Crippen LogP contribution in [0.5, 0.6) is 11.5 Å². The summed E-state index contributed by atoms with van der Waals surface area (Å²) in [6.45, 7) is 4.13. The number of rotatable bonds is 10. The quantitative estimate of drug-likeness (QED) is 0.162. The van der Waals surface area contributed by atoms with E-state index in [-0.39, 0.29) is 26.3 Å². The molecule has 4 aromatic carbocycles. The molecule has 0 N–H and O–H groups in total. The molecule has 0 spiro atoms. The van der Waals surface area contributed by atoms with Gasteiger partial charge in [0.2, 0.25) is 0 Å². The first-order valence-corrected chi connectivity index (χ1v) is 18.6. The predicted molar refractivity (Wildman–Crippen MR) is 194 cm³/mol. The molecule has 4 aromatic rings. The van der Waals surface area contributed by atoms with Gasteiger partial charge < -0.3 is 18.9 Å². The molecule has 242 valence electrons. The molecule has 2 aliphatic heterocycles. The van der Waals surface area contributed by atoms with Gasteiger partial charge in [-0.1, -0.05) is 60.7 Å². The first-order valence-electron chi connectivity index (χ1n) is 15.1. The highest BCUT2D eigenvalue weighted by Crippen LogP contribution is 2.41. The average Bonchev–Trinajstić information content (AvgIpc) is 3.33. The normalized spacial score (nSPS) is 24.2. The Morgan fingerprint density at radius 1 is 0.652 bits per heavy atom. The van der Waals surface area contributed by atoms with Crippen LogP contribution in [0.4, 0.5) is 0 Å². The van der Waals surface area contributed by atoms with E-state index in [4.69, 9.17) is 18.9 Å². The van der Waals surface area contributed by atoms with Crippen molar-refractivity contribution in [2.45, 2.75) is 57.0 Å². The molecule has 2 saturated heterocycles. The predicted octanol–water partition coefficient (Wildman–Crippen LogP) is 6.87. The van der Waals surface area contributed by atoms with Crippen LogP contribution in [0.15, 0.2) is 109 Å². The van der Waals surface area contributed by atoms with Gasteiger partial charge in [0.1, 0.15) is 36.9 Å². The van der Waals surface area contributed by atoms with E-state index in [1.165, 1.54) is 0 Å². The van der Waals surface area contributed by atoms with Gasteiger partial charge in [0.15, 0.2) is 5.79 Å². The highest BCUT2D eigenvalue weighted by molar-refractivity contribution is 14.1. The number of hydrogen-bond acceptors (Lipinski definition) is 6. The number of nitrogens with zero attached hydrogens (tertiary/aromatic N) is 2. The highest BCUT2D eigenvalue weighted by atomic mass is 127. The molecular formula is C35H36I2N2O6S. The van der Waals surface area contributed by atoms with Crippen molar-refractivity contribution >= 4 is 55.4 Å². The topological polar surface area (TPSA) is 77.5 Å². The maximum Gasteiger partial charge on any atom is 0.283 e. The van der Waals surface area contributed by atoms with E-state index in [0.717, 1.165) is 18.3 Å². The molecule has 0 saturated carbocycles. The van der Waals surface area contributed by atoms with Crippen LogP contribution in [-0.4, -0.2) is 60.3 Å². The molecule has 2 fully saturated rings. The molecular weight excluding hydrogens is 830 g/mol. The van der Waals surface area contributed by atoms with Crippen molar-refractivity contribution in [1.82, 2.24) is 8.61 Å². The minimum Gasteiger partial charge on any atom is -0.492 e. The second-order valence-electron chi connectivity index (χ2n) is 11.8. The fourth-order valence-corrected chi connectivity index (χ4v) is 9.15. The number of para-hydroxylation sites is 2. The van der Waals surface area contributed by atoms with Gasteiger partial charge in [0.25, 0.3) is 10.2 Å². The first kappa shape index (κ1) is 33.6. The monoisotopic (exact) mass is 866 g/mol. The van der Waals surface area contributed by atoms with E-state index in [1.807, 2.05) is 123 Å². The largest absolute Gasteiger partial charge is 0.492 e. The molecule has 0 radical (unpaired) electrons. The van der Waals surface area contributed by atoms with Crippen molar-refractivity contribution in [3.8, 4) is 11.5 Å². The van der Waals surface area contributed by atoms with Crippen LogP contribution in [0, 0.1) is 7.14 Å². The van der Waals surface area contributed by atoms with Crippen molar-refractivity contribution in [3.63, 3.8) is 0 Å². The Kier molecular flexibility index (Phi) is 10.6. The Labute approximate surface area is 298 Å². The number of halogens is 2. The van der Waals surface area contributed by atoms with Gasteiger partial charge in [-0.2, -0.15) is 17.0 Å². The lowest BCUT2D eigenvalue weighted by Crippen LogP contribution is -2.53. The standard InChI is InChI=1S/C35H36I2N2O6S/c1-35(2)44-33-31(23-42-29-15-5-3-6-16-29)38(21-25-11-9-13-27(36)19-25)46(40,41)39(22-26-12-10-14-28(37)20-26)32(34(33)45-35)24-43-30-17-7-4-8-18-30/h3-20,31-34H,21-24H2,1-2H3/t31-,32-,33+,34+/m1/s1. The van der Waals surface area contributed by atoms with Gasteiger partial charge in [-0.25, -0.2) is 0 Å². The maximum atomic E-state index is 15.2. The zero-order chi connectivity index (χ0) is 32.3. The third kappa shape index (κ3) is 7.88. The van der Waals surface area contributed by atoms with Crippen molar-refractivity contribution in [1.29, 1.82) is 0 Å². The van der Waals surface area contributed by atoms with Crippen molar-refractivity contribution in [2.75, 3.05) is 13.2 Å². The molecule has 2 heterocycles. The second kappa shape index (κ2) is 14.5. The molecule has 4 atom stereocenters. The third-order valence-corrected chi connectivity index (χ3v) is 11.4. The average molecular weight is 867 g/mol. The molecule has 0 bridgehead atoms. The number of hydrogen-bond donors (Lipinski definition) is 0. The van der Waals surface area contributed by atoms with Crippen LogP contribution in [0.25, 0.3) is 0 Å². The minimum atomic E-state index is -4.17. The summed E-state index contributed by atoms with van der Waals surface area (Å²) in [5.41, 5.74) is 1.73. The maximum absolute atomic E-state index is 15.2. The van der Waals surface area contributed by atoms with Gasteiger partial charge in [-0.15, -0.1) is 0 Å². The number of ether oxygens (including phenoxy) is 4. The van der Waals surface area contributed by atoms with Gasteiger partial charge in [0.05, 0.1) is 12.1 Å². The summed E-state index contributed by atoms with van der Waals surface area (Å²) in [5.74, 6) is 0.328. The Bertz CT molecular complexity index is 1610. The number of benzene rings is 4. The summed E-state index contributed by atoms with van der Waals surface area (Å²) in [4.78, 5) is 0. The van der Waals surface area contributed by atoms with Gasteiger partial charge in [0, 0.05) is 20.2 Å². The molecule has 0 aromatic heterocycles. The smallest absolute Gasteiger partial charge is 0.283 e. The molecule has 11 heteroatoms. The third-order valence-electron chi connectivity index (χ3n) is 8.04. The van der Waals surface area contributed by atoms with Gasteiger partial charge >= 0.3 is 0 Å². The van der Waals surface area contributed by atoms with Crippen LogP contribution in [0.3, 0.4) is 0 Å². The lowest BCUT2D eigenvalue weighted by atomic mass is 9.99. The van der Waals surface area contributed by atoms with Crippen molar-refractivity contribution in [2.24, 2.45) is 0 Å². The summed E-state index contributed by atoms with van der Waals surface area (Å²) in [7, 11) is -4.17. The SMILES string of the molecule is CC1(C)O[C@@H]2[C@@H](O1)[C@@H](COc1ccccc1)N(Cc1cccc(I)c1)S(=O)(=O)N(Cc1cccc(I)c1)[C@@H]2COc1ccccc1. The van der Waals surface area contributed by atoms with Crippen LogP contribution < -0.4 is 9.47 Å². The fourth-order valence-electron chi connectivity index (χ4n) is 6.00. The minimum absolute atomic E-state index is 0.0666. The number of fused-ring (bicyclic) bond motifs is 1. The lowest BCUT2D eigenvalue weighted by Gasteiger charge is -2.36. The summed E-state index contributed by atoms with van der Waals surface area (Å²) in [6.07, 6.45) is -1.30. The van der Waals surface area contributed by atoms with E-state index < -0.39 is 40.3 Å². The molecule has 0 aliphatic carbocycles. The summed E-state index contributed by atoms with van der Waals surface area (Å²) in [6, 6.07) is 33.2. The van der Waals surface area contributed by atoms with E-state index in [2.05, 4.69) is 45.2 Å². The lowest BCUT2D eigenvalue weighted by molar-refractivity contribution is -0.156. The Morgan fingerprint density at radius 2 is 1.07 bits per heavy atom. The molecule has 6 rings (SSSR count). The van der Waals surface area contributed by atoms with Crippen LogP contribution in [-0.2, 0) is 32.8 Å². The van der Waals surface area contributed by atoms with Gasteiger partial charge in [-0.3, -0.25) is 0 Å². The second-order valence-corrected chi connectivity index (χ2v) is 16.1. The van der Waals surface area contributed by atoms with E-state index >= 15 is 8.42 Å². The Balaban J connectivity index is 1.47. The zero-order valence-electron chi connectivity index (χ0n) is 25.5. The van der Waals surface area contributed by atoms with E-state index in [0.29, 0.717) is 11.5 Å². The summed E-state index contributed by atoms with van der Waals surface area (Å²) in [5, 5.41) is 0. The fraction of sp³-hybridized carbons (Fsp3) is 0.314. The molecule has 2 aliphatic rings. The van der Waals surface area contributed by atoms with Crippen molar-refractivity contribution < 1.29 is 27.4 Å². The summed E-state index contributed by atoms with van der Waals surface area (Å²) >= 11 is 4.50. The van der Waals surface area contributed by atoms with Crippen molar-refractivity contribution in [3.05, 3.63) is 127 Å². The van der Waals surface area contributed by atoms with E-state index in [9.17, 15) is 0 Å². The van der Waals surface area contributed by atoms with Gasteiger partial charge in [-0.05, 0) is 119 Å². The first-order chi connectivity index (χ1) is 22.1. The van der Waals surface area contributed by atoms with Crippen LogP contribution in [0.1, 0.15) is 25.0 Å². The Morgan fingerprint density at radius 3 is 1.46 bits per heavy atom. The molecule has 8 nitrogen and oxygen atoms in total. The van der Waals surface area contributed by atoms with Crippen LogP contribution in [0.2, 0.25) is 0 Å². The molecule has 0 amide bonds. The molecule has 46 heavy (non-hydrogen) atoms. The molecule has 0 unspecified atom stereocenters. The highest BCUT2D eigenvalue weighted by Gasteiger charge is 2.58. The van der Waals surface area contributed by atoms with E-state index in [1.54, 1.807) is 8.61 Å².